The van der Waals surface area contributed by atoms with Gasteiger partial charge in [-0.1, -0.05) is 36.6 Å². The molecule has 1 aliphatic carbocycles. The molecule has 0 aromatic carbocycles. The average molecular weight is 282 g/mol. The molecule has 0 aliphatic heterocycles. The van der Waals surface area contributed by atoms with Crippen molar-refractivity contribution in [2.45, 2.75) is 58.4 Å². The molecule has 1 heterocycles. The molecule has 2 N–H and O–H groups in total. The maximum Gasteiger partial charge on any atom is 0.151 e. The summed E-state index contributed by atoms with van der Waals surface area (Å²) in [5, 5.41) is 4.07. The van der Waals surface area contributed by atoms with Crippen molar-refractivity contribution in [1.82, 2.24) is 15.3 Å². The molecule has 0 unspecified atom stereocenters. The molecule has 19 heavy (non-hydrogen) atoms. The van der Waals surface area contributed by atoms with E-state index in [4.69, 9.17) is 11.6 Å². The zero-order valence-corrected chi connectivity index (χ0v) is 12.5. The van der Waals surface area contributed by atoms with Crippen LogP contribution >= 0.6 is 11.6 Å². The monoisotopic (exact) mass is 281 g/mol. The number of hydrogen-bond donors (Lipinski definition) is 2. The first-order chi connectivity index (χ1) is 9.29. The predicted octanol–water partition coefficient (Wildman–Crippen LogP) is 4.00. The Kier molecular flexibility index (Phi) is 5.93. The maximum absolute atomic E-state index is 6.14. The Balaban J connectivity index is 1.71. The highest BCUT2D eigenvalue weighted by Gasteiger charge is 2.08. The molecule has 1 aromatic rings. The Morgan fingerprint density at radius 2 is 2.32 bits per heavy atom. The SMILES string of the molecule is CCCCc1nc(Cl)c(CNCCC2=CCCC2)[nH]1. The Morgan fingerprint density at radius 1 is 1.42 bits per heavy atom. The molecule has 3 nitrogen and oxygen atoms in total. The van der Waals surface area contributed by atoms with E-state index in [1.165, 1.54) is 25.7 Å². The van der Waals surface area contributed by atoms with Crippen molar-refractivity contribution in [2.24, 2.45) is 0 Å². The van der Waals surface area contributed by atoms with Crippen LogP contribution in [0.3, 0.4) is 0 Å². The first kappa shape index (κ1) is 14.6. The first-order valence-electron chi connectivity index (χ1n) is 7.41. The number of aryl methyl sites for hydroxylation is 1. The molecular formula is C15H24ClN3. The van der Waals surface area contributed by atoms with Crippen LogP contribution in [0.1, 0.15) is 57.0 Å². The summed E-state index contributed by atoms with van der Waals surface area (Å²) in [6.45, 7) is 3.99. The van der Waals surface area contributed by atoms with Crippen molar-refractivity contribution < 1.29 is 0 Å². The normalized spacial score (nSPS) is 14.9. The van der Waals surface area contributed by atoms with Gasteiger partial charge in [-0.3, -0.25) is 0 Å². The van der Waals surface area contributed by atoms with Crippen LogP contribution in [0.2, 0.25) is 5.15 Å². The summed E-state index contributed by atoms with van der Waals surface area (Å²) in [7, 11) is 0. The van der Waals surface area contributed by atoms with E-state index in [2.05, 4.69) is 28.3 Å². The second-order valence-corrected chi connectivity index (χ2v) is 5.60. The summed E-state index contributed by atoms with van der Waals surface area (Å²) in [6, 6.07) is 0. The minimum absolute atomic E-state index is 0.624. The van der Waals surface area contributed by atoms with Crippen LogP contribution < -0.4 is 5.32 Å². The van der Waals surface area contributed by atoms with Gasteiger partial charge in [0.05, 0.1) is 5.69 Å². The molecule has 0 fully saturated rings. The van der Waals surface area contributed by atoms with Crippen molar-refractivity contribution in [3.05, 3.63) is 28.3 Å². The van der Waals surface area contributed by atoms with Gasteiger partial charge in [-0.15, -0.1) is 0 Å². The van der Waals surface area contributed by atoms with E-state index < -0.39 is 0 Å². The van der Waals surface area contributed by atoms with E-state index in [-0.39, 0.29) is 0 Å². The van der Waals surface area contributed by atoms with Crippen LogP contribution in [-0.4, -0.2) is 16.5 Å². The second-order valence-electron chi connectivity index (χ2n) is 5.24. The molecule has 0 saturated carbocycles. The van der Waals surface area contributed by atoms with Crippen LogP contribution in [0.4, 0.5) is 0 Å². The van der Waals surface area contributed by atoms with E-state index in [0.717, 1.165) is 43.9 Å². The lowest BCUT2D eigenvalue weighted by Gasteiger charge is -2.04. The van der Waals surface area contributed by atoms with Gasteiger partial charge >= 0.3 is 0 Å². The number of H-pyrrole nitrogens is 1. The highest BCUT2D eigenvalue weighted by atomic mass is 35.5. The zero-order valence-electron chi connectivity index (χ0n) is 11.8. The predicted molar refractivity (Wildman–Crippen MR) is 80.5 cm³/mol. The molecule has 0 atom stereocenters. The lowest BCUT2D eigenvalue weighted by molar-refractivity contribution is 0.665. The van der Waals surface area contributed by atoms with Crippen LogP contribution in [0, 0.1) is 0 Å². The number of imidazole rings is 1. The lowest BCUT2D eigenvalue weighted by Crippen LogP contribution is -2.15. The number of allylic oxidation sites excluding steroid dienone is 1. The fourth-order valence-corrected chi connectivity index (χ4v) is 2.66. The maximum atomic E-state index is 6.14. The van der Waals surface area contributed by atoms with E-state index >= 15 is 0 Å². The molecule has 0 amide bonds. The summed E-state index contributed by atoms with van der Waals surface area (Å²) in [5.41, 5.74) is 2.63. The van der Waals surface area contributed by atoms with Gasteiger partial charge in [0, 0.05) is 13.0 Å². The van der Waals surface area contributed by atoms with Gasteiger partial charge in [0.2, 0.25) is 0 Å². The molecule has 106 valence electrons. The van der Waals surface area contributed by atoms with Crippen LogP contribution in [0.25, 0.3) is 0 Å². The molecule has 1 aliphatic rings. The first-order valence-corrected chi connectivity index (χ1v) is 7.79. The Morgan fingerprint density at radius 3 is 3.05 bits per heavy atom. The van der Waals surface area contributed by atoms with Crippen molar-refractivity contribution in [3.63, 3.8) is 0 Å². The van der Waals surface area contributed by atoms with E-state index in [9.17, 15) is 0 Å². The third-order valence-corrected chi connectivity index (χ3v) is 3.92. The minimum Gasteiger partial charge on any atom is -0.344 e. The quantitative estimate of drug-likeness (QED) is 0.559. The van der Waals surface area contributed by atoms with Crippen molar-refractivity contribution >= 4 is 11.6 Å². The molecule has 4 heteroatoms. The fraction of sp³-hybridized carbons (Fsp3) is 0.667. The van der Waals surface area contributed by atoms with Gasteiger partial charge in [-0.2, -0.15) is 0 Å². The van der Waals surface area contributed by atoms with E-state index in [0.29, 0.717) is 5.15 Å². The summed E-state index contributed by atoms with van der Waals surface area (Å²) < 4.78 is 0. The van der Waals surface area contributed by atoms with Gasteiger partial charge in [0.1, 0.15) is 5.82 Å². The number of unbranched alkanes of at least 4 members (excludes halogenated alkanes) is 1. The van der Waals surface area contributed by atoms with E-state index in [1.54, 1.807) is 5.57 Å². The topological polar surface area (TPSA) is 40.7 Å². The number of nitrogens with zero attached hydrogens (tertiary/aromatic N) is 1. The van der Waals surface area contributed by atoms with Gasteiger partial charge < -0.3 is 10.3 Å². The van der Waals surface area contributed by atoms with Crippen molar-refractivity contribution in [3.8, 4) is 0 Å². The minimum atomic E-state index is 0.624. The third kappa shape index (κ3) is 4.66. The van der Waals surface area contributed by atoms with E-state index in [1.807, 2.05) is 0 Å². The highest BCUT2D eigenvalue weighted by molar-refractivity contribution is 6.30. The Hall–Kier alpha value is -0.800. The van der Waals surface area contributed by atoms with Crippen LogP contribution in [0.15, 0.2) is 11.6 Å². The number of rotatable bonds is 8. The molecule has 0 spiro atoms. The van der Waals surface area contributed by atoms with Gasteiger partial charge in [-0.25, -0.2) is 4.98 Å². The molecule has 0 saturated heterocycles. The lowest BCUT2D eigenvalue weighted by atomic mass is 10.2. The number of hydrogen-bond acceptors (Lipinski definition) is 2. The summed E-state index contributed by atoms with van der Waals surface area (Å²) in [6.07, 6.45) is 10.8. The van der Waals surface area contributed by atoms with Crippen molar-refractivity contribution in [2.75, 3.05) is 6.54 Å². The van der Waals surface area contributed by atoms with Gasteiger partial charge in [0.25, 0.3) is 0 Å². The number of aromatic nitrogens is 2. The average Bonchev–Trinajstić information content (AvgIpc) is 3.02. The highest BCUT2D eigenvalue weighted by Crippen LogP contribution is 2.20. The second kappa shape index (κ2) is 7.71. The van der Waals surface area contributed by atoms with Gasteiger partial charge in [0.15, 0.2) is 5.15 Å². The largest absolute Gasteiger partial charge is 0.344 e. The summed E-state index contributed by atoms with van der Waals surface area (Å²) in [4.78, 5) is 7.69. The standard InChI is InChI=1S/C15H24ClN3/c1-2-3-8-14-18-13(15(16)19-14)11-17-10-9-12-6-4-5-7-12/h6,17H,2-5,7-11H2,1H3,(H,18,19). The van der Waals surface area contributed by atoms with Crippen LogP contribution in [0.5, 0.6) is 0 Å². The third-order valence-electron chi connectivity index (χ3n) is 3.60. The van der Waals surface area contributed by atoms with Crippen LogP contribution in [-0.2, 0) is 13.0 Å². The fourth-order valence-electron chi connectivity index (χ4n) is 2.45. The van der Waals surface area contributed by atoms with Crippen molar-refractivity contribution in [1.29, 1.82) is 0 Å². The summed E-state index contributed by atoms with van der Waals surface area (Å²) in [5.74, 6) is 1.02. The summed E-state index contributed by atoms with van der Waals surface area (Å²) >= 11 is 6.14. The molecule has 1 aromatic heterocycles. The molecule has 0 radical (unpaired) electrons. The van der Waals surface area contributed by atoms with Gasteiger partial charge in [-0.05, 0) is 38.6 Å². The number of nitrogens with one attached hydrogen (secondary N) is 2. The zero-order chi connectivity index (χ0) is 13.5. The molecule has 0 bridgehead atoms. The number of aromatic amines is 1. The molecule has 2 rings (SSSR count). The molecular weight excluding hydrogens is 258 g/mol. The Labute approximate surface area is 120 Å². The Bertz CT molecular complexity index is 423. The number of halogens is 1. The smallest absolute Gasteiger partial charge is 0.151 e.